The fourth-order valence-corrected chi connectivity index (χ4v) is 1.25. The van der Waals surface area contributed by atoms with Crippen LogP contribution in [0.4, 0.5) is 10.5 Å². The van der Waals surface area contributed by atoms with Crippen molar-refractivity contribution >= 4 is 17.6 Å². The minimum atomic E-state index is -0.609. The van der Waals surface area contributed by atoms with Gasteiger partial charge >= 0.3 is 6.09 Å². The van der Waals surface area contributed by atoms with Gasteiger partial charge in [-0.2, -0.15) is 0 Å². The first-order valence-corrected chi connectivity index (χ1v) is 5.36. The van der Waals surface area contributed by atoms with E-state index in [0.29, 0.717) is 5.69 Å². The summed E-state index contributed by atoms with van der Waals surface area (Å²) in [4.78, 5) is 11.5. The Morgan fingerprint density at radius 1 is 1.44 bits per heavy atom. The van der Waals surface area contributed by atoms with Gasteiger partial charge < -0.3 is 15.6 Å². The number of anilines is 1. The van der Waals surface area contributed by atoms with Gasteiger partial charge in [0.05, 0.1) is 5.56 Å². The molecule has 0 radical (unpaired) electrons. The average molecular weight is 251 g/mol. The van der Waals surface area contributed by atoms with Crippen molar-refractivity contribution in [1.29, 1.82) is 5.41 Å². The van der Waals surface area contributed by atoms with Crippen molar-refractivity contribution in [3.63, 3.8) is 0 Å². The lowest BCUT2D eigenvalue weighted by Crippen LogP contribution is -2.27. The number of hydrogen-bond acceptors (Lipinski definition) is 4. The van der Waals surface area contributed by atoms with Crippen molar-refractivity contribution in [2.45, 2.75) is 26.4 Å². The van der Waals surface area contributed by atoms with E-state index >= 15 is 0 Å². The fraction of sp³-hybridized carbons (Fsp3) is 0.333. The molecule has 0 unspecified atom stereocenters. The molecule has 0 fully saturated rings. The summed E-state index contributed by atoms with van der Waals surface area (Å²) in [6.45, 7) is 5.26. The summed E-state index contributed by atoms with van der Waals surface area (Å²) in [6.07, 6.45) is -0.609. The number of amides is 1. The van der Waals surface area contributed by atoms with Gasteiger partial charge in [-0.15, -0.1) is 0 Å². The molecule has 0 spiro atoms. The number of carbonyl (C=O) groups is 1. The highest BCUT2D eigenvalue weighted by Gasteiger charge is 2.16. The number of ether oxygens (including phenoxy) is 1. The van der Waals surface area contributed by atoms with Crippen LogP contribution in [0.1, 0.15) is 26.3 Å². The minimum absolute atomic E-state index is 0.114. The molecule has 1 amide bonds. The number of aromatic hydroxyl groups is 1. The quantitative estimate of drug-likeness (QED) is 0.366. The van der Waals surface area contributed by atoms with Gasteiger partial charge in [-0.3, -0.25) is 10.7 Å². The van der Waals surface area contributed by atoms with Gasteiger partial charge in [-0.1, -0.05) is 0 Å². The monoisotopic (exact) mass is 251 g/mol. The van der Waals surface area contributed by atoms with Crippen LogP contribution >= 0.6 is 0 Å². The molecule has 6 heteroatoms. The number of carbonyl (C=O) groups excluding carboxylic acids is 1. The molecule has 1 aromatic rings. The lowest BCUT2D eigenvalue weighted by molar-refractivity contribution is 0.0636. The van der Waals surface area contributed by atoms with Crippen molar-refractivity contribution < 1.29 is 14.6 Å². The topological polar surface area (TPSA) is 108 Å². The molecule has 0 saturated heterocycles. The maximum absolute atomic E-state index is 11.5. The number of benzene rings is 1. The van der Waals surface area contributed by atoms with Crippen LogP contribution in [-0.2, 0) is 4.74 Å². The molecular weight excluding hydrogens is 234 g/mol. The Hall–Kier alpha value is -2.24. The van der Waals surface area contributed by atoms with E-state index in [9.17, 15) is 9.90 Å². The van der Waals surface area contributed by atoms with E-state index in [2.05, 4.69) is 5.32 Å². The fourth-order valence-electron chi connectivity index (χ4n) is 1.25. The Labute approximate surface area is 105 Å². The number of amidine groups is 1. The molecule has 0 aliphatic heterocycles. The molecule has 6 nitrogen and oxygen atoms in total. The summed E-state index contributed by atoms with van der Waals surface area (Å²) < 4.78 is 5.07. The van der Waals surface area contributed by atoms with Gasteiger partial charge in [0.1, 0.15) is 17.2 Å². The van der Waals surface area contributed by atoms with Gasteiger partial charge in [0.25, 0.3) is 0 Å². The first-order chi connectivity index (χ1) is 8.19. The van der Waals surface area contributed by atoms with E-state index in [0.717, 1.165) is 0 Å². The Bertz CT molecular complexity index is 478. The van der Waals surface area contributed by atoms with Crippen molar-refractivity contribution in [3.8, 4) is 5.75 Å². The zero-order valence-corrected chi connectivity index (χ0v) is 10.6. The molecule has 1 rings (SSSR count). The van der Waals surface area contributed by atoms with E-state index in [1.54, 1.807) is 20.8 Å². The van der Waals surface area contributed by atoms with E-state index < -0.39 is 11.7 Å². The molecular formula is C12H17N3O3. The zero-order valence-electron chi connectivity index (χ0n) is 10.6. The Morgan fingerprint density at radius 3 is 2.56 bits per heavy atom. The van der Waals surface area contributed by atoms with Crippen LogP contribution in [0.2, 0.25) is 0 Å². The van der Waals surface area contributed by atoms with Gasteiger partial charge in [-0.05, 0) is 39.0 Å². The van der Waals surface area contributed by atoms with Crippen LogP contribution in [-0.4, -0.2) is 22.6 Å². The third-order valence-corrected chi connectivity index (χ3v) is 1.93. The number of rotatable bonds is 2. The van der Waals surface area contributed by atoms with Gasteiger partial charge in [0.15, 0.2) is 0 Å². The normalized spacial score (nSPS) is 10.8. The smallest absolute Gasteiger partial charge is 0.412 e. The lowest BCUT2D eigenvalue weighted by atomic mass is 10.1. The second-order valence-corrected chi connectivity index (χ2v) is 4.77. The molecule has 1 aromatic carbocycles. The van der Waals surface area contributed by atoms with Crippen molar-refractivity contribution in [3.05, 3.63) is 23.8 Å². The molecule has 0 atom stereocenters. The Kier molecular flexibility index (Phi) is 3.80. The highest BCUT2D eigenvalue weighted by atomic mass is 16.6. The second kappa shape index (κ2) is 4.95. The predicted molar refractivity (Wildman–Crippen MR) is 69.0 cm³/mol. The minimum Gasteiger partial charge on any atom is -0.507 e. The predicted octanol–water partition coefficient (Wildman–Crippen LogP) is 2.02. The number of nitrogens with two attached hydrogens (primary N) is 1. The number of nitrogen functional groups attached to an aromatic ring is 1. The van der Waals surface area contributed by atoms with E-state index in [-0.39, 0.29) is 17.1 Å². The van der Waals surface area contributed by atoms with Crippen LogP contribution in [0.15, 0.2) is 18.2 Å². The highest BCUT2D eigenvalue weighted by Crippen LogP contribution is 2.21. The van der Waals surface area contributed by atoms with Gasteiger partial charge in [-0.25, -0.2) is 4.79 Å². The van der Waals surface area contributed by atoms with Crippen molar-refractivity contribution in [2.75, 3.05) is 5.32 Å². The van der Waals surface area contributed by atoms with E-state index in [1.165, 1.54) is 18.2 Å². The Balaban J connectivity index is 2.83. The number of hydrogen-bond donors (Lipinski definition) is 4. The van der Waals surface area contributed by atoms with Crippen LogP contribution in [0.3, 0.4) is 0 Å². The highest BCUT2D eigenvalue weighted by molar-refractivity contribution is 5.99. The first-order valence-electron chi connectivity index (χ1n) is 5.36. The first kappa shape index (κ1) is 13.8. The summed E-state index contributed by atoms with van der Waals surface area (Å²) >= 11 is 0. The maximum atomic E-state index is 11.5. The summed E-state index contributed by atoms with van der Waals surface area (Å²) in [5, 5.41) is 19.2. The third kappa shape index (κ3) is 3.97. The number of nitrogens with one attached hydrogen (secondary N) is 2. The summed E-state index contributed by atoms with van der Waals surface area (Å²) in [5.74, 6) is -0.391. The van der Waals surface area contributed by atoms with Crippen molar-refractivity contribution in [2.24, 2.45) is 5.73 Å². The largest absolute Gasteiger partial charge is 0.507 e. The van der Waals surface area contributed by atoms with Crippen LogP contribution in [0, 0.1) is 5.41 Å². The average Bonchev–Trinajstić information content (AvgIpc) is 2.17. The van der Waals surface area contributed by atoms with E-state index in [1.807, 2.05) is 0 Å². The van der Waals surface area contributed by atoms with Crippen LogP contribution < -0.4 is 11.1 Å². The molecule has 5 N–H and O–H groups in total. The van der Waals surface area contributed by atoms with Crippen LogP contribution in [0.5, 0.6) is 5.75 Å². The molecule has 18 heavy (non-hydrogen) atoms. The maximum Gasteiger partial charge on any atom is 0.412 e. The van der Waals surface area contributed by atoms with E-state index in [4.69, 9.17) is 15.9 Å². The second-order valence-electron chi connectivity index (χ2n) is 4.77. The summed E-state index contributed by atoms with van der Waals surface area (Å²) in [6, 6.07) is 4.25. The molecule has 0 bridgehead atoms. The summed E-state index contributed by atoms with van der Waals surface area (Å²) in [5.41, 5.74) is 5.25. The van der Waals surface area contributed by atoms with Gasteiger partial charge in [0, 0.05) is 5.69 Å². The van der Waals surface area contributed by atoms with Gasteiger partial charge in [0.2, 0.25) is 0 Å². The molecule has 98 valence electrons. The molecule has 0 aromatic heterocycles. The SMILES string of the molecule is CC(C)(C)OC(=O)Nc1ccc(O)c(C(=N)N)c1. The zero-order chi connectivity index (χ0) is 13.9. The molecule has 0 heterocycles. The number of phenolic OH excluding ortho intramolecular Hbond substituents is 1. The molecule has 0 aliphatic rings. The summed E-state index contributed by atoms with van der Waals surface area (Å²) in [7, 11) is 0. The van der Waals surface area contributed by atoms with Crippen LogP contribution in [0.25, 0.3) is 0 Å². The van der Waals surface area contributed by atoms with Crippen molar-refractivity contribution in [1.82, 2.24) is 0 Å². The molecule has 0 aliphatic carbocycles. The Morgan fingerprint density at radius 2 is 2.06 bits per heavy atom. The molecule has 0 saturated carbocycles. The third-order valence-electron chi connectivity index (χ3n) is 1.93. The lowest BCUT2D eigenvalue weighted by Gasteiger charge is -2.19. The standard InChI is InChI=1S/C12H17N3O3/c1-12(2,3)18-11(17)15-7-4-5-9(16)8(6-7)10(13)14/h4-6,16H,1-3H3,(H3,13,14)(H,15,17). The number of phenols is 1.